The number of aryl methyl sites for hydroxylation is 2. The Kier molecular flexibility index (Phi) is 5.34. The Bertz CT molecular complexity index is 703. The van der Waals surface area contributed by atoms with Gasteiger partial charge >= 0.3 is 5.97 Å². The predicted octanol–water partition coefficient (Wildman–Crippen LogP) is 0.368. The third-order valence-electron chi connectivity index (χ3n) is 3.25. The van der Waals surface area contributed by atoms with Crippen LogP contribution in [-0.4, -0.2) is 40.9 Å². The van der Waals surface area contributed by atoms with Crippen molar-refractivity contribution in [2.45, 2.75) is 20.0 Å². The number of ether oxygens (including phenoxy) is 1. The molecule has 0 aliphatic carbocycles. The molecule has 0 aliphatic rings. The van der Waals surface area contributed by atoms with Gasteiger partial charge in [0.05, 0.1) is 20.2 Å². The number of guanidine groups is 1. The highest BCUT2D eigenvalue weighted by Gasteiger charge is 2.15. The summed E-state index contributed by atoms with van der Waals surface area (Å²) in [5, 5.41) is 10.2. The average molecular weight is 320 g/mol. The molecule has 0 saturated carbocycles. The van der Waals surface area contributed by atoms with Gasteiger partial charge in [-0.05, 0) is 13.0 Å². The maximum atomic E-state index is 11.6. The number of carbonyl (C=O) groups excluding carboxylic acids is 1. The summed E-state index contributed by atoms with van der Waals surface area (Å²) in [5.41, 5.74) is 0.423. The maximum Gasteiger partial charge on any atom is 0.341 e. The van der Waals surface area contributed by atoms with Gasteiger partial charge in [0.1, 0.15) is 29.2 Å². The number of aromatic nitrogens is 3. The second-order valence-electron chi connectivity index (χ2n) is 4.75. The van der Waals surface area contributed by atoms with Crippen molar-refractivity contribution in [1.29, 1.82) is 0 Å². The van der Waals surface area contributed by atoms with Crippen LogP contribution < -0.4 is 10.6 Å². The fourth-order valence-electron chi connectivity index (χ4n) is 1.98. The molecule has 124 valence electrons. The van der Waals surface area contributed by atoms with Crippen LogP contribution in [0.2, 0.25) is 0 Å². The molecule has 2 aromatic heterocycles. The zero-order chi connectivity index (χ0) is 16.8. The molecule has 9 heteroatoms. The number of hydrogen-bond donors (Lipinski definition) is 2. The Hall–Kier alpha value is -2.84. The van der Waals surface area contributed by atoms with Gasteiger partial charge in [-0.2, -0.15) is 5.10 Å². The Labute approximate surface area is 133 Å². The third kappa shape index (κ3) is 4.09. The highest BCUT2D eigenvalue weighted by atomic mass is 16.5. The molecule has 0 aromatic carbocycles. The molecule has 0 spiro atoms. The van der Waals surface area contributed by atoms with Gasteiger partial charge in [-0.25, -0.2) is 9.78 Å². The van der Waals surface area contributed by atoms with Gasteiger partial charge in [0.2, 0.25) is 0 Å². The molecule has 0 radical (unpaired) electrons. The van der Waals surface area contributed by atoms with Gasteiger partial charge in [-0.1, -0.05) is 0 Å². The molecule has 0 saturated heterocycles. The standard InChI is InChI=1S/C14H20N6O3/c1-9-11(13(21)22-4)5-10(23-9)6-16-14(15-2)17-7-12-18-8-19-20(12)3/h5,8H,6-7H2,1-4H3,(H2,15,16,17). The quantitative estimate of drug-likeness (QED) is 0.465. The molecule has 2 rings (SSSR count). The fraction of sp³-hybridized carbons (Fsp3) is 0.429. The summed E-state index contributed by atoms with van der Waals surface area (Å²) in [4.78, 5) is 19.8. The molecule has 23 heavy (non-hydrogen) atoms. The molecule has 0 bridgehead atoms. The van der Waals surface area contributed by atoms with E-state index in [1.54, 1.807) is 24.7 Å². The highest BCUT2D eigenvalue weighted by molar-refractivity contribution is 5.90. The van der Waals surface area contributed by atoms with Crippen LogP contribution in [0.3, 0.4) is 0 Å². The second kappa shape index (κ2) is 7.43. The van der Waals surface area contributed by atoms with Gasteiger partial charge in [0.25, 0.3) is 0 Å². The SMILES string of the molecule is CN=C(NCc1cc(C(=O)OC)c(C)o1)NCc1ncnn1C. The summed E-state index contributed by atoms with van der Waals surface area (Å²) in [6, 6.07) is 1.66. The van der Waals surface area contributed by atoms with Crippen molar-refractivity contribution in [3.05, 3.63) is 35.3 Å². The van der Waals surface area contributed by atoms with E-state index in [-0.39, 0.29) is 0 Å². The van der Waals surface area contributed by atoms with Crippen LogP contribution >= 0.6 is 0 Å². The lowest BCUT2D eigenvalue weighted by molar-refractivity contribution is 0.0599. The Morgan fingerprint density at radius 2 is 2.17 bits per heavy atom. The lowest BCUT2D eigenvalue weighted by Gasteiger charge is -2.10. The van der Waals surface area contributed by atoms with E-state index < -0.39 is 5.97 Å². The molecule has 2 N–H and O–H groups in total. The number of furan rings is 1. The normalized spacial score (nSPS) is 11.4. The predicted molar refractivity (Wildman–Crippen MR) is 82.8 cm³/mol. The van der Waals surface area contributed by atoms with Crippen molar-refractivity contribution in [3.8, 4) is 0 Å². The zero-order valence-electron chi connectivity index (χ0n) is 13.6. The number of nitrogens with zero attached hydrogens (tertiary/aromatic N) is 4. The van der Waals surface area contributed by atoms with Gasteiger partial charge in [-0.15, -0.1) is 0 Å². The first-order valence-electron chi connectivity index (χ1n) is 7.00. The van der Waals surface area contributed by atoms with Crippen LogP contribution in [0.4, 0.5) is 0 Å². The van der Waals surface area contributed by atoms with Crippen LogP contribution in [0.5, 0.6) is 0 Å². The van der Waals surface area contributed by atoms with Gasteiger partial charge in [0.15, 0.2) is 5.96 Å². The molecular weight excluding hydrogens is 300 g/mol. The Balaban J connectivity index is 1.91. The van der Waals surface area contributed by atoms with Crippen LogP contribution in [0, 0.1) is 6.92 Å². The number of hydrogen-bond acceptors (Lipinski definition) is 6. The Morgan fingerprint density at radius 1 is 1.43 bits per heavy atom. The van der Waals surface area contributed by atoms with Crippen LogP contribution in [0.25, 0.3) is 0 Å². The van der Waals surface area contributed by atoms with Crippen LogP contribution in [-0.2, 0) is 24.9 Å². The second-order valence-corrected chi connectivity index (χ2v) is 4.75. The molecule has 2 heterocycles. The number of nitrogens with one attached hydrogen (secondary N) is 2. The van der Waals surface area contributed by atoms with Crippen LogP contribution in [0.15, 0.2) is 21.8 Å². The highest BCUT2D eigenvalue weighted by Crippen LogP contribution is 2.15. The molecular formula is C14H20N6O3. The monoisotopic (exact) mass is 320 g/mol. The number of methoxy groups -OCH3 is 1. The first kappa shape index (κ1) is 16.5. The summed E-state index contributed by atoms with van der Waals surface area (Å²) in [5.74, 6) is 2.10. The van der Waals surface area contributed by atoms with E-state index in [2.05, 4.69) is 25.7 Å². The van der Waals surface area contributed by atoms with Crippen molar-refractivity contribution in [1.82, 2.24) is 25.4 Å². The van der Waals surface area contributed by atoms with E-state index >= 15 is 0 Å². The number of aliphatic imine (C=N–C) groups is 1. The van der Waals surface area contributed by atoms with Gasteiger partial charge in [0, 0.05) is 14.1 Å². The van der Waals surface area contributed by atoms with E-state index in [9.17, 15) is 4.79 Å². The van der Waals surface area contributed by atoms with E-state index in [1.165, 1.54) is 13.4 Å². The fourth-order valence-corrected chi connectivity index (χ4v) is 1.98. The molecule has 0 unspecified atom stereocenters. The lowest BCUT2D eigenvalue weighted by atomic mass is 10.2. The van der Waals surface area contributed by atoms with Crippen molar-refractivity contribution >= 4 is 11.9 Å². The minimum absolute atomic E-state index is 0.385. The summed E-state index contributed by atoms with van der Waals surface area (Å²) < 4.78 is 11.9. The van der Waals surface area contributed by atoms with E-state index in [0.717, 1.165) is 5.82 Å². The van der Waals surface area contributed by atoms with Crippen molar-refractivity contribution < 1.29 is 13.9 Å². The topological polar surface area (TPSA) is 107 Å². The number of rotatable bonds is 5. The van der Waals surface area contributed by atoms with Crippen LogP contribution in [0.1, 0.15) is 27.7 Å². The molecule has 2 aromatic rings. The molecule has 9 nitrogen and oxygen atoms in total. The minimum atomic E-state index is -0.415. The maximum absolute atomic E-state index is 11.6. The lowest BCUT2D eigenvalue weighted by Crippen LogP contribution is -2.36. The number of esters is 1. The zero-order valence-corrected chi connectivity index (χ0v) is 13.6. The largest absolute Gasteiger partial charge is 0.465 e. The van der Waals surface area contributed by atoms with Crippen molar-refractivity contribution in [2.75, 3.05) is 14.2 Å². The van der Waals surface area contributed by atoms with E-state index in [4.69, 9.17) is 9.15 Å². The first-order chi connectivity index (χ1) is 11.0. The van der Waals surface area contributed by atoms with Crippen molar-refractivity contribution in [3.63, 3.8) is 0 Å². The average Bonchev–Trinajstić information content (AvgIpc) is 3.12. The molecule has 0 atom stereocenters. The summed E-state index contributed by atoms with van der Waals surface area (Å²) in [7, 11) is 4.82. The smallest absolute Gasteiger partial charge is 0.341 e. The summed E-state index contributed by atoms with van der Waals surface area (Å²) in [6.07, 6.45) is 1.49. The first-order valence-corrected chi connectivity index (χ1v) is 7.00. The molecule has 0 aliphatic heterocycles. The van der Waals surface area contributed by atoms with E-state index in [0.29, 0.717) is 36.1 Å². The van der Waals surface area contributed by atoms with E-state index in [1.807, 2.05) is 7.05 Å². The summed E-state index contributed by atoms with van der Waals surface area (Å²) >= 11 is 0. The number of carbonyl (C=O) groups is 1. The third-order valence-corrected chi connectivity index (χ3v) is 3.25. The van der Waals surface area contributed by atoms with Gasteiger partial charge in [-0.3, -0.25) is 9.67 Å². The molecule has 0 amide bonds. The summed E-state index contributed by atoms with van der Waals surface area (Å²) in [6.45, 7) is 2.59. The van der Waals surface area contributed by atoms with Crippen molar-refractivity contribution in [2.24, 2.45) is 12.0 Å². The molecule has 0 fully saturated rings. The van der Waals surface area contributed by atoms with Gasteiger partial charge < -0.3 is 19.8 Å². The minimum Gasteiger partial charge on any atom is -0.465 e. The Morgan fingerprint density at radius 3 is 2.78 bits per heavy atom.